The summed E-state index contributed by atoms with van der Waals surface area (Å²) >= 11 is 0. The molecular formula is C49H95NO6. The van der Waals surface area contributed by atoms with Crippen LogP contribution in [0.4, 0.5) is 4.79 Å². The summed E-state index contributed by atoms with van der Waals surface area (Å²) in [5.41, 5.74) is 0. The van der Waals surface area contributed by atoms with E-state index >= 15 is 0 Å². The van der Waals surface area contributed by atoms with Crippen molar-refractivity contribution in [3.05, 3.63) is 12.2 Å². The maximum Gasteiger partial charge on any atom is 0.508 e. The van der Waals surface area contributed by atoms with E-state index in [4.69, 9.17) is 23.7 Å². The van der Waals surface area contributed by atoms with E-state index in [1.165, 1.54) is 167 Å². The summed E-state index contributed by atoms with van der Waals surface area (Å²) in [5.74, 6) is 0. The highest BCUT2D eigenvalue weighted by atomic mass is 16.7. The highest BCUT2D eigenvalue weighted by molar-refractivity contribution is 5.60. The SMILES string of the molecule is CCCCCCCCCCCCCCCCCCC(COCCCCCCCC/C=C\CC(CCCCCC)OC1CCCCO1)OC(=O)OCCCN(C)C. The van der Waals surface area contributed by atoms with Crippen molar-refractivity contribution in [1.29, 1.82) is 0 Å². The number of nitrogens with zero attached hydrogens (tertiary/aromatic N) is 1. The summed E-state index contributed by atoms with van der Waals surface area (Å²) < 4.78 is 29.4. The molecule has 7 heteroatoms. The van der Waals surface area contributed by atoms with Crippen LogP contribution in [0.3, 0.4) is 0 Å². The normalized spacial score (nSPS) is 15.8. The van der Waals surface area contributed by atoms with Crippen LogP contribution in [0, 0.1) is 0 Å². The predicted molar refractivity (Wildman–Crippen MR) is 238 cm³/mol. The second-order valence-electron chi connectivity index (χ2n) is 17.2. The number of hydrogen-bond acceptors (Lipinski definition) is 7. The summed E-state index contributed by atoms with van der Waals surface area (Å²) in [7, 11) is 4.06. The number of unbranched alkanes of at least 4 members (excludes halogenated alkanes) is 24. The number of carbonyl (C=O) groups is 1. The Kier molecular flexibility index (Phi) is 39.6. The minimum atomic E-state index is -0.548. The fraction of sp³-hybridized carbons (Fsp3) is 0.939. The van der Waals surface area contributed by atoms with Crippen LogP contribution in [-0.2, 0) is 23.7 Å². The van der Waals surface area contributed by atoms with Gasteiger partial charge in [0.1, 0.15) is 6.10 Å². The molecule has 1 fully saturated rings. The molecule has 56 heavy (non-hydrogen) atoms. The van der Waals surface area contributed by atoms with Crippen molar-refractivity contribution in [2.24, 2.45) is 0 Å². The fourth-order valence-electron chi connectivity index (χ4n) is 7.63. The quantitative estimate of drug-likeness (QED) is 0.0346. The molecule has 1 heterocycles. The molecule has 3 unspecified atom stereocenters. The van der Waals surface area contributed by atoms with E-state index in [1.807, 2.05) is 14.1 Å². The van der Waals surface area contributed by atoms with E-state index in [9.17, 15) is 4.79 Å². The van der Waals surface area contributed by atoms with Crippen LogP contribution in [0.25, 0.3) is 0 Å². The average molecular weight is 794 g/mol. The number of hydrogen-bond donors (Lipinski definition) is 0. The summed E-state index contributed by atoms with van der Waals surface area (Å²) in [6, 6.07) is 0. The van der Waals surface area contributed by atoms with Gasteiger partial charge in [0.15, 0.2) is 6.29 Å². The molecule has 7 nitrogen and oxygen atoms in total. The van der Waals surface area contributed by atoms with Crippen molar-refractivity contribution in [2.45, 2.75) is 251 Å². The Hall–Kier alpha value is -1.15. The number of ether oxygens (including phenoxy) is 5. The summed E-state index contributed by atoms with van der Waals surface area (Å²) in [6.45, 7) is 7.89. The first-order chi connectivity index (χ1) is 27.5. The first kappa shape index (κ1) is 52.9. The standard InChI is InChI=1S/C49H95NO6/c1-5-7-9-11-12-13-14-15-16-17-18-19-21-25-28-32-39-47(56-49(51)54-44-36-41-50(3)4)45-52-42-34-29-26-23-20-22-24-27-31-38-46(37-30-10-8-6-2)55-48-40-33-35-43-53-48/h27,31,46-48H,5-26,28-30,32-45H2,1-4H3/b31-27-. The van der Waals surface area contributed by atoms with Gasteiger partial charge in [-0.3, -0.25) is 0 Å². The van der Waals surface area contributed by atoms with E-state index in [0.717, 1.165) is 71.1 Å². The van der Waals surface area contributed by atoms with Gasteiger partial charge in [0.25, 0.3) is 0 Å². The van der Waals surface area contributed by atoms with E-state index in [0.29, 0.717) is 19.3 Å². The zero-order chi connectivity index (χ0) is 40.4. The van der Waals surface area contributed by atoms with Gasteiger partial charge < -0.3 is 28.6 Å². The van der Waals surface area contributed by atoms with Crippen molar-refractivity contribution < 1.29 is 28.5 Å². The molecule has 1 saturated heterocycles. The largest absolute Gasteiger partial charge is 0.508 e. The number of carbonyl (C=O) groups excluding carboxylic acids is 1. The molecule has 0 N–H and O–H groups in total. The second kappa shape index (κ2) is 42.0. The Morgan fingerprint density at radius 3 is 1.73 bits per heavy atom. The maximum atomic E-state index is 12.4. The molecule has 0 aromatic carbocycles. The molecule has 1 aliphatic rings. The number of allylic oxidation sites excluding steroid dienone is 1. The van der Waals surface area contributed by atoms with Gasteiger partial charge >= 0.3 is 6.16 Å². The molecule has 332 valence electrons. The monoisotopic (exact) mass is 794 g/mol. The zero-order valence-electron chi connectivity index (χ0n) is 37.9. The van der Waals surface area contributed by atoms with Gasteiger partial charge in [-0.05, 0) is 84.7 Å². The molecule has 1 aliphatic heterocycles. The summed E-state index contributed by atoms with van der Waals surface area (Å²) in [5, 5.41) is 0. The van der Waals surface area contributed by atoms with Crippen LogP contribution in [0.2, 0.25) is 0 Å². The Bertz CT molecular complexity index is 831. The van der Waals surface area contributed by atoms with E-state index in [2.05, 4.69) is 30.9 Å². The third-order valence-electron chi connectivity index (χ3n) is 11.3. The molecule has 0 saturated carbocycles. The molecule has 0 amide bonds. The molecule has 3 atom stereocenters. The van der Waals surface area contributed by atoms with E-state index in [1.54, 1.807) is 0 Å². The minimum Gasteiger partial charge on any atom is -0.434 e. The van der Waals surface area contributed by atoms with Gasteiger partial charge in [-0.15, -0.1) is 0 Å². The van der Waals surface area contributed by atoms with Crippen LogP contribution < -0.4 is 0 Å². The van der Waals surface area contributed by atoms with Crippen LogP contribution in [0.15, 0.2) is 12.2 Å². The fourth-order valence-corrected chi connectivity index (χ4v) is 7.63. The molecule has 0 aliphatic carbocycles. The molecule has 0 spiro atoms. The molecule has 0 radical (unpaired) electrons. The molecular weight excluding hydrogens is 699 g/mol. The van der Waals surface area contributed by atoms with Crippen molar-refractivity contribution in [3.8, 4) is 0 Å². The molecule has 0 bridgehead atoms. The average Bonchev–Trinajstić information content (AvgIpc) is 3.19. The van der Waals surface area contributed by atoms with Crippen LogP contribution in [-0.4, -0.2) is 76.6 Å². The van der Waals surface area contributed by atoms with Gasteiger partial charge in [-0.2, -0.15) is 0 Å². The Labute approximate surface area is 348 Å². The third-order valence-corrected chi connectivity index (χ3v) is 11.3. The van der Waals surface area contributed by atoms with E-state index in [-0.39, 0.29) is 12.4 Å². The van der Waals surface area contributed by atoms with Crippen LogP contribution >= 0.6 is 0 Å². The lowest BCUT2D eigenvalue weighted by molar-refractivity contribution is -0.188. The predicted octanol–water partition coefficient (Wildman–Crippen LogP) is 14.7. The van der Waals surface area contributed by atoms with Crippen molar-refractivity contribution in [3.63, 3.8) is 0 Å². The number of rotatable bonds is 42. The van der Waals surface area contributed by atoms with E-state index < -0.39 is 6.16 Å². The summed E-state index contributed by atoms with van der Waals surface area (Å²) in [4.78, 5) is 14.5. The smallest absolute Gasteiger partial charge is 0.434 e. The summed E-state index contributed by atoms with van der Waals surface area (Å²) in [6.07, 6.45) is 46.8. The Balaban J connectivity index is 2.15. The topological polar surface area (TPSA) is 66.5 Å². The highest BCUT2D eigenvalue weighted by Gasteiger charge is 2.19. The first-order valence-electron chi connectivity index (χ1n) is 24.5. The van der Waals surface area contributed by atoms with Crippen molar-refractivity contribution >= 4 is 6.16 Å². The van der Waals surface area contributed by atoms with Crippen LogP contribution in [0.1, 0.15) is 232 Å². The zero-order valence-corrected chi connectivity index (χ0v) is 37.9. The van der Waals surface area contributed by atoms with Gasteiger partial charge in [0.2, 0.25) is 0 Å². The Morgan fingerprint density at radius 1 is 0.625 bits per heavy atom. The Morgan fingerprint density at radius 2 is 1.16 bits per heavy atom. The van der Waals surface area contributed by atoms with Crippen molar-refractivity contribution in [1.82, 2.24) is 4.90 Å². The molecule has 1 rings (SSSR count). The second-order valence-corrected chi connectivity index (χ2v) is 17.2. The lowest BCUT2D eigenvalue weighted by Gasteiger charge is -2.27. The van der Waals surface area contributed by atoms with Crippen molar-refractivity contribution in [2.75, 3.05) is 47.1 Å². The highest BCUT2D eigenvalue weighted by Crippen LogP contribution is 2.21. The van der Waals surface area contributed by atoms with Gasteiger partial charge in [0, 0.05) is 19.8 Å². The first-order valence-corrected chi connectivity index (χ1v) is 24.5. The molecule has 0 aromatic rings. The minimum absolute atomic E-state index is 0.00819. The van der Waals surface area contributed by atoms with Gasteiger partial charge in [-0.1, -0.05) is 174 Å². The van der Waals surface area contributed by atoms with Gasteiger partial charge in [-0.25, -0.2) is 4.79 Å². The lowest BCUT2D eigenvalue weighted by atomic mass is 10.0. The van der Waals surface area contributed by atoms with Gasteiger partial charge in [0.05, 0.1) is 19.3 Å². The maximum absolute atomic E-state index is 12.4. The third kappa shape index (κ3) is 37.1. The molecule has 0 aromatic heterocycles. The van der Waals surface area contributed by atoms with Crippen LogP contribution in [0.5, 0.6) is 0 Å². The lowest BCUT2D eigenvalue weighted by Crippen LogP contribution is -2.27.